The number of nitrogens with zero attached hydrogens (tertiary/aromatic N) is 1. The van der Waals surface area contributed by atoms with E-state index in [1.54, 1.807) is 12.1 Å². The van der Waals surface area contributed by atoms with Gasteiger partial charge in [-0.25, -0.2) is 13.6 Å². The van der Waals surface area contributed by atoms with Gasteiger partial charge in [0.15, 0.2) is 0 Å². The number of nitrogens with two attached hydrogens (primary N) is 1. The van der Waals surface area contributed by atoms with E-state index in [0.29, 0.717) is 19.5 Å². The Bertz CT molecular complexity index is 1000. The summed E-state index contributed by atoms with van der Waals surface area (Å²) in [5, 5.41) is 7.90. The number of halogens is 3. The van der Waals surface area contributed by atoms with E-state index in [0.717, 1.165) is 36.1 Å². The van der Waals surface area contributed by atoms with E-state index in [4.69, 9.17) is 5.14 Å². The highest BCUT2D eigenvalue weighted by molar-refractivity contribution is 7.89. The summed E-state index contributed by atoms with van der Waals surface area (Å²) in [5.41, 5.74) is 0.892. The highest BCUT2D eigenvalue weighted by Crippen LogP contribution is 2.31. The molecule has 1 fully saturated rings. The van der Waals surface area contributed by atoms with Gasteiger partial charge in [-0.15, -0.1) is 0 Å². The highest BCUT2D eigenvalue weighted by atomic mass is 32.2. The quantitative estimate of drug-likeness (QED) is 0.608. The first-order valence-corrected chi connectivity index (χ1v) is 11.4. The molecule has 6 nitrogen and oxygen atoms in total. The Morgan fingerprint density at radius 2 is 1.61 bits per heavy atom. The molecule has 10 heteroatoms. The topological polar surface area (TPSA) is 92.5 Å². The number of carbonyl (C=O) groups is 1. The molecule has 1 aliphatic rings. The van der Waals surface area contributed by atoms with E-state index in [-0.39, 0.29) is 23.4 Å². The lowest BCUT2D eigenvalue weighted by Crippen LogP contribution is -2.38. The Morgan fingerprint density at radius 3 is 2.13 bits per heavy atom. The zero-order chi connectivity index (χ0) is 22.6. The number of alkyl halides is 3. The van der Waals surface area contributed by atoms with E-state index < -0.39 is 21.8 Å². The molecule has 0 aliphatic heterocycles. The molecule has 3 N–H and O–H groups in total. The maximum atomic E-state index is 12.7. The molecule has 0 unspecified atom stereocenters. The molecule has 1 saturated carbocycles. The van der Waals surface area contributed by atoms with Crippen LogP contribution < -0.4 is 10.5 Å². The van der Waals surface area contributed by atoms with Gasteiger partial charge in [0.25, 0.3) is 0 Å². The fraction of sp³-hybridized carbons (Fsp3) is 0.381. The van der Waals surface area contributed by atoms with Crippen LogP contribution in [0.5, 0.6) is 0 Å². The molecule has 0 heterocycles. The standard InChI is InChI=1S/C21H24F3N3O3S/c22-21(23,24)17-5-1-16(2-6-17)13-27(18-7-8-18)14-20(28)26-12-11-15-3-9-19(10-4-15)31(25,29)30/h1-6,9-10,18H,7-8,11-14H2,(H,26,28)(H2,25,29,30). The second kappa shape index (κ2) is 9.37. The van der Waals surface area contributed by atoms with Gasteiger partial charge in [-0.2, -0.15) is 13.2 Å². The molecule has 0 saturated heterocycles. The molecule has 2 aromatic rings. The van der Waals surface area contributed by atoms with Crippen LogP contribution in [0.4, 0.5) is 13.2 Å². The Kier molecular flexibility index (Phi) is 7.03. The van der Waals surface area contributed by atoms with Crippen molar-refractivity contribution in [3.05, 3.63) is 65.2 Å². The monoisotopic (exact) mass is 455 g/mol. The number of rotatable bonds is 9. The maximum absolute atomic E-state index is 12.7. The average molecular weight is 456 g/mol. The smallest absolute Gasteiger partial charge is 0.355 e. The first kappa shape index (κ1) is 23.2. The van der Waals surface area contributed by atoms with E-state index in [9.17, 15) is 26.4 Å². The first-order valence-electron chi connectivity index (χ1n) is 9.81. The second-order valence-corrected chi connectivity index (χ2v) is 9.18. The summed E-state index contributed by atoms with van der Waals surface area (Å²) in [6.45, 7) is 0.952. The summed E-state index contributed by atoms with van der Waals surface area (Å²) in [7, 11) is -3.74. The molecule has 0 bridgehead atoms. The summed E-state index contributed by atoms with van der Waals surface area (Å²) >= 11 is 0. The first-order chi connectivity index (χ1) is 14.5. The number of primary sulfonamides is 1. The molecule has 2 aromatic carbocycles. The summed E-state index contributed by atoms with van der Waals surface area (Å²) < 4.78 is 60.7. The van der Waals surface area contributed by atoms with Crippen molar-refractivity contribution in [2.75, 3.05) is 13.1 Å². The molecule has 0 radical (unpaired) electrons. The number of sulfonamides is 1. The zero-order valence-electron chi connectivity index (χ0n) is 16.7. The van der Waals surface area contributed by atoms with Crippen LogP contribution in [0.1, 0.15) is 29.5 Å². The Hall–Kier alpha value is -2.43. The largest absolute Gasteiger partial charge is 0.416 e. The van der Waals surface area contributed by atoms with Crippen molar-refractivity contribution < 1.29 is 26.4 Å². The minimum atomic E-state index is -4.37. The minimum absolute atomic E-state index is 0.0311. The molecule has 0 aromatic heterocycles. The van der Waals surface area contributed by atoms with Crippen molar-refractivity contribution in [1.29, 1.82) is 0 Å². The van der Waals surface area contributed by atoms with Crippen LogP contribution in [0.25, 0.3) is 0 Å². The predicted molar refractivity (Wildman–Crippen MR) is 109 cm³/mol. The van der Waals surface area contributed by atoms with Crippen molar-refractivity contribution in [1.82, 2.24) is 10.2 Å². The normalized spacial score (nSPS) is 14.6. The van der Waals surface area contributed by atoms with Crippen LogP contribution in [0.3, 0.4) is 0 Å². The third kappa shape index (κ3) is 7.05. The third-order valence-corrected chi connectivity index (χ3v) is 5.99. The van der Waals surface area contributed by atoms with Crippen molar-refractivity contribution >= 4 is 15.9 Å². The number of nitrogens with one attached hydrogen (secondary N) is 1. The maximum Gasteiger partial charge on any atom is 0.416 e. The Labute approximate surface area is 179 Å². The lowest BCUT2D eigenvalue weighted by atomic mass is 10.1. The van der Waals surface area contributed by atoms with Crippen molar-refractivity contribution in [3.63, 3.8) is 0 Å². The fourth-order valence-corrected chi connectivity index (χ4v) is 3.74. The average Bonchev–Trinajstić information content (AvgIpc) is 3.52. The number of hydrogen-bond acceptors (Lipinski definition) is 4. The van der Waals surface area contributed by atoms with Crippen LogP contribution in [-0.4, -0.2) is 38.4 Å². The molecule has 168 valence electrons. The van der Waals surface area contributed by atoms with Gasteiger partial charge in [-0.05, 0) is 54.7 Å². The van der Waals surface area contributed by atoms with Gasteiger partial charge in [0.1, 0.15) is 0 Å². The van der Waals surface area contributed by atoms with Crippen molar-refractivity contribution in [2.45, 2.75) is 42.9 Å². The lowest BCUT2D eigenvalue weighted by molar-refractivity contribution is -0.137. The molecule has 0 spiro atoms. The highest BCUT2D eigenvalue weighted by Gasteiger charge is 2.32. The summed E-state index contributed by atoms with van der Waals surface area (Å²) in [5.74, 6) is -0.167. The number of amides is 1. The van der Waals surface area contributed by atoms with Gasteiger partial charge in [0, 0.05) is 19.1 Å². The van der Waals surface area contributed by atoms with E-state index in [1.807, 2.05) is 4.90 Å². The fourth-order valence-electron chi connectivity index (χ4n) is 3.22. The summed E-state index contributed by atoms with van der Waals surface area (Å²) in [4.78, 5) is 14.3. The van der Waals surface area contributed by atoms with Crippen molar-refractivity contribution in [3.8, 4) is 0 Å². The van der Waals surface area contributed by atoms with Crippen molar-refractivity contribution in [2.24, 2.45) is 5.14 Å². The third-order valence-electron chi connectivity index (χ3n) is 5.06. The minimum Gasteiger partial charge on any atom is -0.355 e. The molecule has 1 amide bonds. The van der Waals surface area contributed by atoms with Crippen LogP contribution in [0.15, 0.2) is 53.4 Å². The summed E-state index contributed by atoms with van der Waals surface area (Å²) in [6.07, 6.45) is -1.92. The molecular formula is C21H24F3N3O3S. The molecule has 0 atom stereocenters. The second-order valence-electron chi connectivity index (χ2n) is 7.62. The zero-order valence-corrected chi connectivity index (χ0v) is 17.5. The van der Waals surface area contributed by atoms with Gasteiger partial charge in [0.2, 0.25) is 15.9 Å². The van der Waals surface area contributed by atoms with E-state index >= 15 is 0 Å². The van der Waals surface area contributed by atoms with Gasteiger partial charge in [-0.3, -0.25) is 9.69 Å². The Balaban J connectivity index is 1.48. The van der Waals surface area contributed by atoms with Crippen LogP contribution in [0, 0.1) is 0 Å². The van der Waals surface area contributed by atoms with E-state index in [2.05, 4.69) is 5.32 Å². The number of benzene rings is 2. The predicted octanol–water partition coefficient (Wildman–Crippen LogP) is 2.68. The van der Waals surface area contributed by atoms with Crippen LogP contribution in [0.2, 0.25) is 0 Å². The SMILES string of the molecule is NS(=O)(=O)c1ccc(CCNC(=O)CN(Cc2ccc(C(F)(F)F)cc2)C2CC2)cc1. The summed E-state index contributed by atoms with van der Waals surface area (Å²) in [6, 6.07) is 11.4. The Morgan fingerprint density at radius 1 is 1.03 bits per heavy atom. The van der Waals surface area contributed by atoms with Gasteiger partial charge in [0.05, 0.1) is 17.0 Å². The van der Waals surface area contributed by atoms with Gasteiger partial charge in [-0.1, -0.05) is 24.3 Å². The molecule has 1 aliphatic carbocycles. The van der Waals surface area contributed by atoms with Crippen LogP contribution in [-0.2, 0) is 34.0 Å². The number of hydrogen-bond donors (Lipinski definition) is 2. The molecule has 31 heavy (non-hydrogen) atoms. The van der Waals surface area contributed by atoms with Gasteiger partial charge >= 0.3 is 6.18 Å². The molecular weight excluding hydrogens is 431 g/mol. The number of carbonyl (C=O) groups excluding carboxylic acids is 1. The van der Waals surface area contributed by atoms with Gasteiger partial charge < -0.3 is 5.32 Å². The molecule has 3 rings (SSSR count). The lowest BCUT2D eigenvalue weighted by Gasteiger charge is -2.22. The van der Waals surface area contributed by atoms with E-state index in [1.165, 1.54) is 24.3 Å². The van der Waals surface area contributed by atoms with Crippen LogP contribution >= 0.6 is 0 Å².